The number of nitrogens with one attached hydrogen (secondary N) is 2. The summed E-state index contributed by atoms with van der Waals surface area (Å²) in [6.07, 6.45) is 1.90. The molecule has 2 rings (SSSR count). The molecule has 1 aromatic carbocycles. The minimum Gasteiger partial charge on any atom is -0.354 e. The third kappa shape index (κ3) is 3.90. The highest BCUT2D eigenvalue weighted by Crippen LogP contribution is 2.23. The van der Waals surface area contributed by atoms with Crippen molar-refractivity contribution in [2.45, 2.75) is 44.6 Å². The van der Waals surface area contributed by atoms with E-state index in [0.29, 0.717) is 12.1 Å². The Balaban J connectivity index is 2.29. The molecule has 1 aliphatic rings. The molecule has 1 aliphatic heterocycles. The molecule has 23 heavy (non-hydrogen) atoms. The van der Waals surface area contributed by atoms with Crippen molar-refractivity contribution in [3.8, 4) is 0 Å². The van der Waals surface area contributed by atoms with E-state index in [1.165, 1.54) is 6.07 Å². The van der Waals surface area contributed by atoms with Gasteiger partial charge in [-0.1, -0.05) is 39.3 Å². The predicted octanol–water partition coefficient (Wildman–Crippen LogP) is 1.67. The Morgan fingerprint density at radius 2 is 2.00 bits per heavy atom. The molecule has 7 heteroatoms. The van der Waals surface area contributed by atoms with E-state index < -0.39 is 16.1 Å². The van der Waals surface area contributed by atoms with Crippen molar-refractivity contribution in [3.05, 3.63) is 29.8 Å². The van der Waals surface area contributed by atoms with Crippen molar-refractivity contribution in [2.75, 3.05) is 6.54 Å². The number of sulfonamides is 1. The van der Waals surface area contributed by atoms with Crippen LogP contribution in [-0.4, -0.2) is 32.7 Å². The Morgan fingerprint density at radius 1 is 1.30 bits per heavy atom. The van der Waals surface area contributed by atoms with Gasteiger partial charge in [0.25, 0.3) is 10.0 Å². The number of aliphatic imine (C=N–C) groups is 1. The lowest BCUT2D eigenvalue weighted by molar-refractivity contribution is -0.123. The fourth-order valence-electron chi connectivity index (χ4n) is 2.37. The first kappa shape index (κ1) is 17.5. The van der Waals surface area contributed by atoms with Gasteiger partial charge in [-0.3, -0.25) is 14.5 Å². The number of unbranched alkanes of at least 4 members (excludes halogenated alkanes) is 1. The van der Waals surface area contributed by atoms with Crippen LogP contribution in [0.2, 0.25) is 0 Å². The summed E-state index contributed by atoms with van der Waals surface area (Å²) in [6, 6.07) is 6.01. The Labute approximate surface area is 137 Å². The molecule has 0 aliphatic carbocycles. The van der Waals surface area contributed by atoms with E-state index >= 15 is 0 Å². The number of nitrogens with zero attached hydrogens (tertiary/aromatic N) is 1. The largest absolute Gasteiger partial charge is 0.354 e. The van der Waals surface area contributed by atoms with E-state index in [0.717, 1.165) is 12.8 Å². The maximum atomic E-state index is 12.3. The van der Waals surface area contributed by atoms with Gasteiger partial charge in [0.2, 0.25) is 5.91 Å². The van der Waals surface area contributed by atoms with Gasteiger partial charge in [0.1, 0.15) is 11.9 Å². The SMILES string of the molecule is CCCCNC(=O)C(N=C1NS(=O)(=O)c2ccccc21)C(C)C. The van der Waals surface area contributed by atoms with Crippen molar-refractivity contribution in [1.29, 1.82) is 0 Å². The molecular weight excluding hydrogens is 314 g/mol. The van der Waals surface area contributed by atoms with E-state index in [9.17, 15) is 13.2 Å². The zero-order valence-corrected chi connectivity index (χ0v) is 14.5. The summed E-state index contributed by atoms with van der Waals surface area (Å²) in [7, 11) is -3.59. The Kier molecular flexibility index (Phi) is 5.41. The molecule has 6 nitrogen and oxygen atoms in total. The van der Waals surface area contributed by atoms with Gasteiger partial charge in [0, 0.05) is 12.1 Å². The topological polar surface area (TPSA) is 87.6 Å². The van der Waals surface area contributed by atoms with Gasteiger partial charge in [0.05, 0.1) is 4.90 Å². The van der Waals surface area contributed by atoms with E-state index in [1.54, 1.807) is 18.2 Å². The molecule has 1 amide bonds. The maximum absolute atomic E-state index is 12.3. The second kappa shape index (κ2) is 7.12. The molecule has 0 aromatic heterocycles. The van der Waals surface area contributed by atoms with E-state index in [-0.39, 0.29) is 22.6 Å². The number of amides is 1. The predicted molar refractivity (Wildman–Crippen MR) is 89.8 cm³/mol. The van der Waals surface area contributed by atoms with Crippen LogP contribution in [0.1, 0.15) is 39.2 Å². The minimum atomic E-state index is -3.59. The number of fused-ring (bicyclic) bond motifs is 1. The minimum absolute atomic E-state index is 0.0404. The number of hydrogen-bond donors (Lipinski definition) is 2. The van der Waals surface area contributed by atoms with Crippen LogP contribution in [0.25, 0.3) is 0 Å². The average Bonchev–Trinajstić information content (AvgIpc) is 2.76. The van der Waals surface area contributed by atoms with Gasteiger partial charge in [-0.05, 0) is 24.5 Å². The van der Waals surface area contributed by atoms with Crippen LogP contribution in [-0.2, 0) is 14.8 Å². The second-order valence-electron chi connectivity index (χ2n) is 5.91. The van der Waals surface area contributed by atoms with Gasteiger partial charge in [-0.25, -0.2) is 8.42 Å². The standard InChI is InChI=1S/C16H23N3O3S/c1-4-5-10-17-16(20)14(11(2)3)18-15-12-8-6-7-9-13(12)23(21,22)19-15/h6-9,11,14H,4-5,10H2,1-3H3,(H,17,20)(H,18,19). The molecule has 126 valence electrons. The summed E-state index contributed by atoms with van der Waals surface area (Å²) in [5, 5.41) is 2.86. The molecule has 1 unspecified atom stereocenters. The van der Waals surface area contributed by atoms with E-state index in [1.807, 2.05) is 13.8 Å². The Hall–Kier alpha value is -1.89. The second-order valence-corrected chi connectivity index (χ2v) is 7.56. The summed E-state index contributed by atoms with van der Waals surface area (Å²) in [4.78, 5) is 16.9. The van der Waals surface area contributed by atoms with Crippen LogP contribution < -0.4 is 10.0 Å². The van der Waals surface area contributed by atoms with Gasteiger partial charge < -0.3 is 5.32 Å². The van der Waals surface area contributed by atoms with Gasteiger partial charge in [-0.15, -0.1) is 0 Å². The van der Waals surface area contributed by atoms with Crippen LogP contribution in [0.4, 0.5) is 0 Å². The number of hydrogen-bond acceptors (Lipinski definition) is 4. The maximum Gasteiger partial charge on any atom is 0.263 e. The summed E-state index contributed by atoms with van der Waals surface area (Å²) in [5.41, 5.74) is 0.513. The van der Waals surface area contributed by atoms with E-state index in [2.05, 4.69) is 22.0 Å². The van der Waals surface area contributed by atoms with Crippen LogP contribution in [0, 0.1) is 5.92 Å². The van der Waals surface area contributed by atoms with Crippen molar-refractivity contribution in [1.82, 2.24) is 10.0 Å². The van der Waals surface area contributed by atoms with Gasteiger partial charge in [0.15, 0.2) is 0 Å². The zero-order chi connectivity index (χ0) is 17.0. The molecule has 0 bridgehead atoms. The number of rotatable bonds is 6. The summed E-state index contributed by atoms with van der Waals surface area (Å²) in [5.74, 6) is 0.0239. The first-order valence-corrected chi connectivity index (χ1v) is 9.33. The van der Waals surface area contributed by atoms with Gasteiger partial charge in [-0.2, -0.15) is 0 Å². The molecule has 1 heterocycles. The van der Waals surface area contributed by atoms with Crippen molar-refractivity contribution < 1.29 is 13.2 Å². The fourth-order valence-corrected chi connectivity index (χ4v) is 3.61. The quantitative estimate of drug-likeness (QED) is 0.774. The summed E-state index contributed by atoms with van der Waals surface area (Å²) < 4.78 is 26.7. The molecule has 0 spiro atoms. The zero-order valence-electron chi connectivity index (χ0n) is 13.7. The Bertz CT molecular complexity index is 711. The van der Waals surface area contributed by atoms with Gasteiger partial charge >= 0.3 is 0 Å². The Morgan fingerprint density at radius 3 is 2.65 bits per heavy atom. The fraction of sp³-hybridized carbons (Fsp3) is 0.500. The monoisotopic (exact) mass is 337 g/mol. The van der Waals surface area contributed by atoms with E-state index in [4.69, 9.17) is 0 Å². The molecule has 0 saturated heterocycles. The molecule has 0 saturated carbocycles. The highest BCUT2D eigenvalue weighted by Gasteiger charge is 2.32. The third-order valence-corrected chi connectivity index (χ3v) is 5.06. The molecular formula is C16H23N3O3S. The van der Waals surface area contributed by atoms with Crippen LogP contribution in [0.5, 0.6) is 0 Å². The number of benzene rings is 1. The lowest BCUT2D eigenvalue weighted by atomic mass is 10.0. The first-order valence-electron chi connectivity index (χ1n) is 7.84. The van der Waals surface area contributed by atoms with Crippen molar-refractivity contribution in [3.63, 3.8) is 0 Å². The number of carbonyl (C=O) groups excluding carboxylic acids is 1. The summed E-state index contributed by atoms with van der Waals surface area (Å²) in [6.45, 7) is 6.44. The molecule has 2 N–H and O–H groups in total. The first-order chi connectivity index (χ1) is 10.9. The molecule has 0 radical (unpaired) electrons. The third-order valence-electron chi connectivity index (χ3n) is 3.66. The number of carbonyl (C=O) groups is 1. The smallest absolute Gasteiger partial charge is 0.263 e. The average molecular weight is 337 g/mol. The van der Waals surface area contributed by atoms with Crippen LogP contribution in [0.15, 0.2) is 34.2 Å². The lowest BCUT2D eigenvalue weighted by Crippen LogP contribution is -2.39. The molecule has 1 atom stereocenters. The summed E-state index contributed by atoms with van der Waals surface area (Å²) >= 11 is 0. The van der Waals surface area contributed by atoms with Crippen LogP contribution >= 0.6 is 0 Å². The lowest BCUT2D eigenvalue weighted by Gasteiger charge is -2.17. The highest BCUT2D eigenvalue weighted by molar-refractivity contribution is 7.90. The molecule has 1 aromatic rings. The van der Waals surface area contributed by atoms with Crippen LogP contribution in [0.3, 0.4) is 0 Å². The normalized spacial score (nSPS) is 18.5. The number of amidine groups is 1. The van der Waals surface area contributed by atoms with Crippen molar-refractivity contribution >= 4 is 21.8 Å². The molecule has 0 fully saturated rings. The van der Waals surface area contributed by atoms with Crippen molar-refractivity contribution in [2.24, 2.45) is 10.9 Å². The highest BCUT2D eigenvalue weighted by atomic mass is 32.2.